The molecule has 0 unspecified atom stereocenters. The predicted octanol–water partition coefficient (Wildman–Crippen LogP) is 7.01. The van der Waals surface area contributed by atoms with Crippen LogP contribution in [0.1, 0.15) is 30.5 Å². The van der Waals surface area contributed by atoms with Crippen LogP contribution in [0.2, 0.25) is 0 Å². The number of benzene rings is 3. The number of fused-ring (bicyclic) bond motifs is 3. The molecule has 0 fully saturated rings. The number of aryl methyl sites for hydroxylation is 2. The maximum absolute atomic E-state index is 7.53. The van der Waals surface area contributed by atoms with E-state index in [0.717, 1.165) is 0 Å². The number of aromatic nitrogens is 1. The Morgan fingerprint density at radius 3 is 2.29 bits per heavy atom. The van der Waals surface area contributed by atoms with Crippen LogP contribution in [0.4, 0.5) is 5.69 Å². The average molecular weight is 402 g/mol. The van der Waals surface area contributed by atoms with E-state index in [1.165, 1.54) is 50.2 Å². The van der Waals surface area contributed by atoms with E-state index < -0.39 is 0 Å². The summed E-state index contributed by atoms with van der Waals surface area (Å²) in [6.07, 6.45) is 2.11. The highest BCUT2D eigenvalue weighted by molar-refractivity contribution is 5.98. The Balaban J connectivity index is 1.95. The summed E-state index contributed by atoms with van der Waals surface area (Å²) in [6.45, 7) is 14.4. The first kappa shape index (κ1) is 19.3. The van der Waals surface area contributed by atoms with Crippen LogP contribution in [0.3, 0.4) is 0 Å². The molecule has 1 aromatic heterocycles. The van der Waals surface area contributed by atoms with E-state index in [0.29, 0.717) is 5.69 Å². The van der Waals surface area contributed by atoms with Crippen LogP contribution in [-0.2, 0) is 12.5 Å². The summed E-state index contributed by atoms with van der Waals surface area (Å²) in [5, 5.41) is 0. The van der Waals surface area contributed by atoms with Gasteiger partial charge in [0, 0.05) is 17.5 Å². The second-order valence-corrected chi connectivity index (χ2v) is 8.90. The van der Waals surface area contributed by atoms with Gasteiger partial charge >= 0.3 is 0 Å². The van der Waals surface area contributed by atoms with Gasteiger partial charge in [0.25, 0.3) is 0 Å². The van der Waals surface area contributed by atoms with Crippen LogP contribution in [0.25, 0.3) is 38.4 Å². The lowest BCUT2D eigenvalue weighted by molar-refractivity contribution is -0.660. The summed E-state index contributed by atoms with van der Waals surface area (Å²) >= 11 is 0. The third-order valence-corrected chi connectivity index (χ3v) is 6.62. The minimum atomic E-state index is -0.209. The summed E-state index contributed by atoms with van der Waals surface area (Å²) in [7, 11) is 2.11. The molecule has 0 radical (unpaired) electrons. The third kappa shape index (κ3) is 2.81. The molecule has 2 heteroatoms. The zero-order valence-electron chi connectivity index (χ0n) is 18.4. The van der Waals surface area contributed by atoms with Crippen LogP contribution < -0.4 is 4.57 Å². The molecule has 0 atom stereocenters. The topological polar surface area (TPSA) is 8.24 Å². The van der Waals surface area contributed by atoms with Gasteiger partial charge < -0.3 is 0 Å². The summed E-state index contributed by atoms with van der Waals surface area (Å²) in [4.78, 5) is 3.72. The second kappa shape index (κ2) is 6.93. The Morgan fingerprint density at radius 1 is 0.839 bits per heavy atom. The van der Waals surface area contributed by atoms with E-state index in [1.54, 1.807) is 0 Å². The number of pyridine rings is 1. The quantitative estimate of drug-likeness (QED) is 0.252. The van der Waals surface area contributed by atoms with Gasteiger partial charge in [-0.15, -0.1) is 0 Å². The Kier molecular flexibility index (Phi) is 4.31. The molecule has 0 N–H and O–H groups in total. The van der Waals surface area contributed by atoms with Crippen molar-refractivity contribution in [3.63, 3.8) is 0 Å². The molecule has 0 aliphatic heterocycles. The first-order valence-corrected chi connectivity index (χ1v) is 10.6. The molecule has 0 saturated heterocycles. The summed E-state index contributed by atoms with van der Waals surface area (Å²) in [5.41, 5.74) is 11.9. The molecule has 0 amide bonds. The van der Waals surface area contributed by atoms with Crippen molar-refractivity contribution >= 4 is 5.69 Å². The fourth-order valence-electron chi connectivity index (χ4n) is 5.15. The monoisotopic (exact) mass is 401 g/mol. The molecule has 5 rings (SSSR count). The number of hydrogen-bond donors (Lipinski definition) is 0. The maximum atomic E-state index is 7.53. The van der Waals surface area contributed by atoms with Crippen molar-refractivity contribution < 1.29 is 4.57 Å². The van der Waals surface area contributed by atoms with Gasteiger partial charge in [0.1, 0.15) is 7.05 Å². The van der Waals surface area contributed by atoms with Gasteiger partial charge in [-0.3, -0.25) is 0 Å². The second-order valence-electron chi connectivity index (χ2n) is 8.90. The minimum Gasteiger partial charge on any atom is -0.238 e. The summed E-state index contributed by atoms with van der Waals surface area (Å²) in [6, 6.07) is 25.6. The van der Waals surface area contributed by atoms with Gasteiger partial charge in [0.15, 0.2) is 11.9 Å². The first-order chi connectivity index (χ1) is 14.9. The number of rotatable bonds is 2. The van der Waals surface area contributed by atoms with Gasteiger partial charge in [-0.2, -0.15) is 0 Å². The zero-order chi connectivity index (χ0) is 21.8. The Bertz CT molecular complexity index is 1370. The fourth-order valence-corrected chi connectivity index (χ4v) is 5.15. The first-order valence-electron chi connectivity index (χ1n) is 10.6. The SMILES string of the molecule is [C-]#[N+]c1ccc2c(c1)C(C)(C)c1c(-c3cccc[n+]3C)c(C)cc(-c3ccccc3)c1-2. The molecule has 4 aromatic rings. The van der Waals surface area contributed by atoms with E-state index in [1.807, 2.05) is 6.07 Å². The molecule has 0 saturated carbocycles. The van der Waals surface area contributed by atoms with Crippen molar-refractivity contribution in [2.24, 2.45) is 7.05 Å². The molecule has 31 heavy (non-hydrogen) atoms. The molecule has 1 heterocycles. The van der Waals surface area contributed by atoms with Crippen LogP contribution in [-0.4, -0.2) is 0 Å². The Labute approximate surface area is 184 Å². The van der Waals surface area contributed by atoms with Crippen molar-refractivity contribution in [1.29, 1.82) is 0 Å². The highest BCUT2D eigenvalue weighted by atomic mass is 14.9. The number of nitrogens with zero attached hydrogens (tertiary/aromatic N) is 2. The molecule has 2 nitrogen and oxygen atoms in total. The molecular weight excluding hydrogens is 376 g/mol. The van der Waals surface area contributed by atoms with Crippen LogP contribution in [0, 0.1) is 13.5 Å². The summed E-state index contributed by atoms with van der Waals surface area (Å²) in [5.74, 6) is 0. The molecule has 1 aliphatic carbocycles. The van der Waals surface area contributed by atoms with E-state index in [-0.39, 0.29) is 5.41 Å². The highest BCUT2D eigenvalue weighted by Crippen LogP contribution is 2.56. The largest absolute Gasteiger partial charge is 0.238 e. The van der Waals surface area contributed by atoms with E-state index in [4.69, 9.17) is 6.57 Å². The van der Waals surface area contributed by atoms with Crippen LogP contribution in [0.5, 0.6) is 0 Å². The third-order valence-electron chi connectivity index (χ3n) is 6.62. The van der Waals surface area contributed by atoms with E-state index >= 15 is 0 Å². The Morgan fingerprint density at radius 2 is 1.58 bits per heavy atom. The molecule has 3 aromatic carbocycles. The fraction of sp³-hybridized carbons (Fsp3) is 0.172. The lowest BCUT2D eigenvalue weighted by Crippen LogP contribution is -2.31. The predicted molar refractivity (Wildman–Crippen MR) is 127 cm³/mol. The molecular formula is C29H25N2+. The van der Waals surface area contributed by atoms with Crippen molar-refractivity contribution in [1.82, 2.24) is 0 Å². The molecule has 0 spiro atoms. The van der Waals surface area contributed by atoms with Crippen molar-refractivity contribution in [3.05, 3.63) is 107 Å². The smallest absolute Gasteiger partial charge is 0.212 e. The van der Waals surface area contributed by atoms with E-state index in [2.05, 4.69) is 110 Å². The molecule has 1 aliphatic rings. The van der Waals surface area contributed by atoms with Crippen molar-refractivity contribution in [3.8, 4) is 33.5 Å². The van der Waals surface area contributed by atoms with Crippen molar-refractivity contribution in [2.75, 3.05) is 0 Å². The zero-order valence-corrected chi connectivity index (χ0v) is 18.4. The lowest BCUT2D eigenvalue weighted by atomic mass is 9.77. The Hall–Kier alpha value is -3.70. The highest BCUT2D eigenvalue weighted by Gasteiger charge is 2.41. The van der Waals surface area contributed by atoms with Crippen molar-refractivity contribution in [2.45, 2.75) is 26.2 Å². The van der Waals surface area contributed by atoms with Gasteiger partial charge in [-0.25, -0.2) is 9.41 Å². The van der Waals surface area contributed by atoms with E-state index in [9.17, 15) is 0 Å². The van der Waals surface area contributed by atoms with Crippen LogP contribution in [0.15, 0.2) is 79.0 Å². The average Bonchev–Trinajstić information content (AvgIpc) is 3.01. The molecule has 150 valence electrons. The molecule has 0 bridgehead atoms. The lowest BCUT2D eigenvalue weighted by Gasteiger charge is -2.26. The maximum Gasteiger partial charge on any atom is 0.212 e. The van der Waals surface area contributed by atoms with Crippen LogP contribution >= 0.6 is 0 Å². The van der Waals surface area contributed by atoms with Gasteiger partial charge in [-0.1, -0.05) is 62.4 Å². The summed E-state index contributed by atoms with van der Waals surface area (Å²) < 4.78 is 2.20. The number of hydrogen-bond acceptors (Lipinski definition) is 0. The van der Waals surface area contributed by atoms with Gasteiger partial charge in [0.05, 0.1) is 12.1 Å². The standard InChI is InChI=1S/C29H25N2/c1-19-17-23(20-11-7-6-8-12-20)27-22-15-14-21(30-4)18-24(22)29(2,3)28(27)26(19)25-13-9-10-16-31(25)5/h6-18H,1-3,5H3/q+1. The van der Waals surface area contributed by atoms with Gasteiger partial charge in [0.2, 0.25) is 5.69 Å². The minimum absolute atomic E-state index is 0.209. The normalized spacial score (nSPS) is 13.4. The van der Waals surface area contributed by atoms with Gasteiger partial charge in [-0.05, 0) is 58.0 Å².